The van der Waals surface area contributed by atoms with Gasteiger partial charge in [0.05, 0.1) is 21.4 Å². The molecule has 4 aromatic rings. The van der Waals surface area contributed by atoms with Crippen molar-refractivity contribution in [3.05, 3.63) is 106 Å². The van der Waals surface area contributed by atoms with E-state index < -0.39 is 28.7 Å². The minimum absolute atomic E-state index is 0.125. The van der Waals surface area contributed by atoms with Gasteiger partial charge in [-0.05, 0) is 59.4 Å². The number of hydrogen-bond donors (Lipinski definition) is 3. The monoisotopic (exact) mass is 633 g/mol. The molecule has 228 valence electrons. The average molecular weight is 635 g/mol. The van der Waals surface area contributed by atoms with Gasteiger partial charge >= 0.3 is 6.09 Å². The maximum Gasteiger partial charge on any atom is 0.416 e. The first-order chi connectivity index (χ1) is 20.6. The van der Waals surface area contributed by atoms with E-state index in [1.54, 1.807) is 48.5 Å². The molecule has 0 aliphatic carbocycles. The van der Waals surface area contributed by atoms with E-state index in [0.717, 1.165) is 4.90 Å². The van der Waals surface area contributed by atoms with Gasteiger partial charge in [0, 0.05) is 34.9 Å². The van der Waals surface area contributed by atoms with Crippen LogP contribution >= 0.6 is 23.2 Å². The van der Waals surface area contributed by atoms with E-state index >= 15 is 0 Å². The van der Waals surface area contributed by atoms with Crippen LogP contribution in [0.1, 0.15) is 73.6 Å². The molecule has 0 atom stereocenters. The van der Waals surface area contributed by atoms with E-state index in [9.17, 15) is 19.5 Å². The number of anilines is 4. The second-order valence-electron chi connectivity index (χ2n) is 12.1. The quantitative estimate of drug-likeness (QED) is 0.195. The minimum Gasteiger partial charge on any atom is -0.464 e. The lowest BCUT2D eigenvalue weighted by atomic mass is 9.84. The van der Waals surface area contributed by atoms with Crippen molar-refractivity contribution in [2.24, 2.45) is 0 Å². The van der Waals surface area contributed by atoms with Gasteiger partial charge in [-0.2, -0.15) is 0 Å². The highest BCUT2D eigenvalue weighted by Gasteiger charge is 2.32. The van der Waals surface area contributed by atoms with Crippen molar-refractivity contribution < 1.29 is 19.5 Å². The normalized spacial score (nSPS) is 11.5. The van der Waals surface area contributed by atoms with Gasteiger partial charge in [-0.1, -0.05) is 76.9 Å². The van der Waals surface area contributed by atoms with Gasteiger partial charge in [-0.15, -0.1) is 0 Å². The van der Waals surface area contributed by atoms with Crippen molar-refractivity contribution in [2.45, 2.75) is 52.4 Å². The maximum atomic E-state index is 13.0. The molecule has 0 bridgehead atoms. The van der Waals surface area contributed by atoms with Crippen LogP contribution in [0, 0.1) is 0 Å². The Balaban J connectivity index is 1.83. The second-order valence-corrected chi connectivity index (χ2v) is 12.9. The number of amides is 3. The van der Waals surface area contributed by atoms with Crippen molar-refractivity contribution in [1.82, 2.24) is 9.97 Å². The van der Waals surface area contributed by atoms with E-state index in [2.05, 4.69) is 20.6 Å². The van der Waals surface area contributed by atoms with Gasteiger partial charge in [0.15, 0.2) is 0 Å². The number of carbonyl (C=O) groups excluding carboxylic acids is 2. The molecule has 0 spiro atoms. The van der Waals surface area contributed by atoms with Crippen LogP contribution in [0.3, 0.4) is 0 Å². The molecule has 0 aliphatic heterocycles. The molecule has 3 amide bonds. The zero-order valence-corrected chi connectivity index (χ0v) is 26.7. The van der Waals surface area contributed by atoms with Crippen molar-refractivity contribution in [2.75, 3.05) is 15.5 Å². The van der Waals surface area contributed by atoms with E-state index in [4.69, 9.17) is 23.2 Å². The summed E-state index contributed by atoms with van der Waals surface area (Å²) in [4.78, 5) is 48.0. The van der Waals surface area contributed by atoms with Gasteiger partial charge in [-0.25, -0.2) is 9.69 Å². The predicted molar refractivity (Wildman–Crippen MR) is 175 cm³/mol. The summed E-state index contributed by atoms with van der Waals surface area (Å²) in [5.74, 6) is -0.868. The first-order valence-electron chi connectivity index (χ1n) is 13.7. The number of pyridine rings is 2. The molecule has 0 aliphatic rings. The zero-order chi connectivity index (χ0) is 32.4. The molecule has 4 rings (SSSR count). The van der Waals surface area contributed by atoms with Crippen LogP contribution in [0.25, 0.3) is 0 Å². The Hall–Kier alpha value is -4.47. The third kappa shape index (κ3) is 6.85. The molecule has 2 aromatic heterocycles. The van der Waals surface area contributed by atoms with Crippen LogP contribution in [-0.4, -0.2) is 33.0 Å². The Morgan fingerprint density at radius 2 is 1.05 bits per heavy atom. The molecule has 0 fully saturated rings. The third-order valence-electron chi connectivity index (χ3n) is 6.71. The van der Waals surface area contributed by atoms with Crippen LogP contribution in [-0.2, 0) is 10.8 Å². The SMILES string of the molecule is CC(C)(C)c1c(NC(=O)c2ccccn2)ccc(N(C(=O)O)c2ccc(NC(=O)c3ccccn3)c(C(C)(C)C)c2Cl)c1Cl. The van der Waals surface area contributed by atoms with E-state index in [-0.39, 0.29) is 32.8 Å². The van der Waals surface area contributed by atoms with Gasteiger partial charge in [-0.3, -0.25) is 19.6 Å². The van der Waals surface area contributed by atoms with Gasteiger partial charge in [0.2, 0.25) is 0 Å². The highest BCUT2D eigenvalue weighted by Crippen LogP contribution is 2.47. The Kier molecular flexibility index (Phi) is 9.32. The third-order valence-corrected chi connectivity index (χ3v) is 7.47. The summed E-state index contributed by atoms with van der Waals surface area (Å²) in [6.45, 7) is 11.4. The molecule has 2 aromatic carbocycles. The van der Waals surface area contributed by atoms with Gasteiger partial charge in [0.1, 0.15) is 11.4 Å². The van der Waals surface area contributed by atoms with Crippen molar-refractivity contribution >= 4 is 63.9 Å². The van der Waals surface area contributed by atoms with Crippen LogP contribution < -0.4 is 15.5 Å². The summed E-state index contributed by atoms with van der Waals surface area (Å²) in [7, 11) is 0. The smallest absolute Gasteiger partial charge is 0.416 e. The van der Waals surface area contributed by atoms with Crippen LogP contribution in [0.2, 0.25) is 10.0 Å². The van der Waals surface area contributed by atoms with Gasteiger partial charge < -0.3 is 15.7 Å². The Labute approximate surface area is 266 Å². The zero-order valence-electron chi connectivity index (χ0n) is 25.2. The van der Waals surface area contributed by atoms with Crippen molar-refractivity contribution in [3.63, 3.8) is 0 Å². The van der Waals surface area contributed by atoms with Crippen LogP contribution in [0.15, 0.2) is 73.1 Å². The molecular formula is C33H33Cl2N5O4. The van der Waals surface area contributed by atoms with Crippen molar-refractivity contribution in [3.8, 4) is 0 Å². The highest BCUT2D eigenvalue weighted by molar-refractivity contribution is 6.37. The molecular weight excluding hydrogens is 601 g/mol. The molecule has 0 saturated carbocycles. The minimum atomic E-state index is -1.33. The van der Waals surface area contributed by atoms with E-state index in [1.165, 1.54) is 24.5 Å². The Bertz CT molecular complexity index is 1600. The summed E-state index contributed by atoms with van der Waals surface area (Å²) in [6.07, 6.45) is 1.71. The molecule has 9 nitrogen and oxygen atoms in total. The van der Waals surface area contributed by atoms with Crippen LogP contribution in [0.5, 0.6) is 0 Å². The molecule has 11 heteroatoms. The summed E-state index contributed by atoms with van der Waals surface area (Å²) in [5, 5.41) is 16.5. The number of rotatable bonds is 6. The molecule has 0 radical (unpaired) electrons. The largest absolute Gasteiger partial charge is 0.464 e. The maximum absolute atomic E-state index is 13.0. The standard InChI is InChI=1S/C33H33Cl2N5O4/c1-32(2,3)25-19(38-29(41)21-11-7-9-17-36-21)13-15-23(27(25)34)40(31(43)44)24-16-14-20(26(28(24)35)33(4,5)6)39-30(42)22-12-8-10-18-37-22/h7-18H,1-6H3,(H,38,41)(H,39,42)(H,43,44). The first kappa shape index (κ1) is 32.4. The number of halogens is 2. The predicted octanol–water partition coefficient (Wildman–Crippen LogP) is 8.70. The number of benzene rings is 2. The summed E-state index contributed by atoms with van der Waals surface area (Å²) < 4.78 is 0. The van der Waals surface area contributed by atoms with E-state index in [0.29, 0.717) is 22.5 Å². The number of carboxylic acid groups (broad SMARTS) is 1. The molecule has 0 unspecified atom stereocenters. The highest BCUT2D eigenvalue weighted by atomic mass is 35.5. The lowest BCUT2D eigenvalue weighted by Crippen LogP contribution is -2.28. The number of nitrogens with one attached hydrogen (secondary N) is 2. The van der Waals surface area contributed by atoms with Crippen LogP contribution in [0.4, 0.5) is 27.5 Å². The number of nitrogens with zero attached hydrogens (tertiary/aromatic N) is 3. The number of aromatic nitrogens is 2. The summed E-state index contributed by atoms with van der Waals surface area (Å²) in [5.41, 5.74) is 1.40. The van der Waals surface area contributed by atoms with Gasteiger partial charge in [0.25, 0.3) is 11.8 Å². The fourth-order valence-electron chi connectivity index (χ4n) is 4.85. The second kappa shape index (κ2) is 12.6. The lowest BCUT2D eigenvalue weighted by Gasteiger charge is -2.31. The number of hydrogen-bond acceptors (Lipinski definition) is 5. The summed E-state index contributed by atoms with van der Waals surface area (Å²) in [6, 6.07) is 16.3. The molecule has 44 heavy (non-hydrogen) atoms. The Morgan fingerprint density at radius 1 is 0.659 bits per heavy atom. The molecule has 3 N–H and O–H groups in total. The first-order valence-corrected chi connectivity index (χ1v) is 14.5. The lowest BCUT2D eigenvalue weighted by molar-refractivity contribution is 0.101. The summed E-state index contributed by atoms with van der Waals surface area (Å²) >= 11 is 14.0. The fourth-order valence-corrected chi connectivity index (χ4v) is 5.92. The van der Waals surface area contributed by atoms with Crippen molar-refractivity contribution in [1.29, 1.82) is 0 Å². The van der Waals surface area contributed by atoms with E-state index in [1.807, 2.05) is 41.5 Å². The molecule has 2 heterocycles. The average Bonchev–Trinajstić information content (AvgIpc) is 2.94. The molecule has 0 saturated heterocycles. The number of carbonyl (C=O) groups is 3. The topological polar surface area (TPSA) is 125 Å². The Morgan fingerprint density at radius 3 is 1.34 bits per heavy atom. The fraction of sp³-hybridized carbons (Fsp3) is 0.242.